The van der Waals surface area contributed by atoms with E-state index in [1.165, 1.54) is 0 Å². The lowest BCUT2D eigenvalue weighted by atomic mass is 10.1. The van der Waals surface area contributed by atoms with E-state index < -0.39 is 5.51 Å². The van der Waals surface area contributed by atoms with E-state index in [0.717, 1.165) is 16.5 Å². The largest absolute Gasteiger partial charge is 0.441 e. The molecule has 1 aromatic heterocycles. The minimum absolute atomic E-state index is 0.0237. The molecule has 2 aromatic rings. The number of halogens is 3. The van der Waals surface area contributed by atoms with Gasteiger partial charge in [-0.2, -0.15) is 13.2 Å². The molecule has 92 valence electrons. The van der Waals surface area contributed by atoms with Gasteiger partial charge in [-0.05, 0) is 36.4 Å². The molecule has 1 nitrogen and oxygen atoms in total. The molecule has 5 heteroatoms. The molecule has 0 N–H and O–H groups in total. The molecule has 0 spiro atoms. The van der Waals surface area contributed by atoms with Crippen molar-refractivity contribution in [2.75, 3.05) is 5.75 Å². The molecule has 0 saturated carbocycles. The average molecular weight is 259 g/mol. The van der Waals surface area contributed by atoms with Crippen molar-refractivity contribution in [3.63, 3.8) is 0 Å². The highest BCUT2D eigenvalue weighted by Crippen LogP contribution is 2.30. The molecular formula is C12H12F3NS. The lowest BCUT2D eigenvalue weighted by Gasteiger charge is -2.07. The minimum atomic E-state index is -4.14. The maximum atomic E-state index is 12.0. The second-order valence-electron chi connectivity index (χ2n) is 3.81. The Morgan fingerprint density at radius 1 is 1.24 bits per heavy atom. The van der Waals surface area contributed by atoms with Gasteiger partial charge in [0.2, 0.25) is 0 Å². The van der Waals surface area contributed by atoms with Crippen LogP contribution in [0.15, 0.2) is 30.5 Å². The van der Waals surface area contributed by atoms with E-state index in [2.05, 4.69) is 0 Å². The van der Waals surface area contributed by atoms with E-state index in [0.29, 0.717) is 6.54 Å². The Hall–Kier alpha value is -1.10. The van der Waals surface area contributed by atoms with E-state index in [1.807, 2.05) is 42.0 Å². The number of thioether (sulfide) groups is 1. The maximum Gasteiger partial charge on any atom is 0.441 e. The molecular weight excluding hydrogens is 247 g/mol. The van der Waals surface area contributed by atoms with Gasteiger partial charge in [-0.1, -0.05) is 12.1 Å². The Labute approximate surface area is 102 Å². The molecule has 0 amide bonds. The summed E-state index contributed by atoms with van der Waals surface area (Å²) in [4.78, 5) is 0. The number of hydrogen-bond donors (Lipinski definition) is 0. The Kier molecular flexibility index (Phi) is 3.38. The van der Waals surface area contributed by atoms with Crippen LogP contribution in [0.2, 0.25) is 0 Å². The lowest BCUT2D eigenvalue weighted by Crippen LogP contribution is -2.06. The zero-order chi connectivity index (χ0) is 12.5. The van der Waals surface area contributed by atoms with Gasteiger partial charge in [-0.15, -0.1) is 0 Å². The molecule has 1 aromatic carbocycles. The Morgan fingerprint density at radius 2 is 2.00 bits per heavy atom. The van der Waals surface area contributed by atoms with Gasteiger partial charge in [0.15, 0.2) is 0 Å². The minimum Gasteiger partial charge on any atom is -0.347 e. The van der Waals surface area contributed by atoms with E-state index in [1.54, 1.807) is 0 Å². The lowest BCUT2D eigenvalue weighted by molar-refractivity contribution is -0.0328. The third-order valence-electron chi connectivity index (χ3n) is 2.63. The standard InChI is InChI=1S/C12H12F3NS/c1-9-3-2-4-11-10(9)5-6-16(11)7-8-17-12(13,14)15/h2-6H,7-8H2,1H3. The molecule has 0 bridgehead atoms. The molecule has 0 aliphatic heterocycles. The summed E-state index contributed by atoms with van der Waals surface area (Å²) in [6.07, 6.45) is 1.84. The molecule has 0 radical (unpaired) electrons. The topological polar surface area (TPSA) is 4.93 Å². The highest BCUT2D eigenvalue weighted by molar-refractivity contribution is 8.00. The second-order valence-corrected chi connectivity index (χ2v) is 4.97. The number of nitrogens with zero attached hydrogens (tertiary/aromatic N) is 1. The van der Waals surface area contributed by atoms with Crippen molar-refractivity contribution in [3.05, 3.63) is 36.0 Å². The fourth-order valence-electron chi connectivity index (χ4n) is 1.83. The average Bonchev–Trinajstić information content (AvgIpc) is 2.61. The zero-order valence-corrected chi connectivity index (χ0v) is 10.1. The van der Waals surface area contributed by atoms with Gasteiger partial charge in [-0.3, -0.25) is 0 Å². The van der Waals surface area contributed by atoms with Crippen molar-refractivity contribution < 1.29 is 13.2 Å². The van der Waals surface area contributed by atoms with Crippen LogP contribution in [0.5, 0.6) is 0 Å². The van der Waals surface area contributed by atoms with Gasteiger partial charge in [0.05, 0.1) is 0 Å². The first-order valence-corrected chi connectivity index (χ1v) is 6.21. The van der Waals surface area contributed by atoms with Gasteiger partial charge < -0.3 is 4.57 Å². The third-order valence-corrected chi connectivity index (χ3v) is 3.34. The number of hydrogen-bond acceptors (Lipinski definition) is 1. The SMILES string of the molecule is Cc1cccc2c1ccn2CCSC(F)(F)F. The van der Waals surface area contributed by atoms with E-state index in [-0.39, 0.29) is 17.5 Å². The van der Waals surface area contributed by atoms with Crippen molar-refractivity contribution in [2.45, 2.75) is 19.0 Å². The number of alkyl halides is 3. The summed E-state index contributed by atoms with van der Waals surface area (Å²) >= 11 is 0.0237. The van der Waals surface area contributed by atoms with Crippen LogP contribution in [-0.2, 0) is 6.54 Å². The predicted octanol–water partition coefficient (Wildman–Crippen LogP) is 4.20. The first kappa shape index (κ1) is 12.4. The van der Waals surface area contributed by atoms with Crippen molar-refractivity contribution in [3.8, 4) is 0 Å². The van der Waals surface area contributed by atoms with Crippen molar-refractivity contribution in [1.29, 1.82) is 0 Å². The van der Waals surface area contributed by atoms with Crippen molar-refractivity contribution >= 4 is 22.7 Å². The molecule has 17 heavy (non-hydrogen) atoms. The predicted molar refractivity (Wildman–Crippen MR) is 65.2 cm³/mol. The van der Waals surface area contributed by atoms with Crippen molar-refractivity contribution in [1.82, 2.24) is 4.57 Å². The monoisotopic (exact) mass is 259 g/mol. The fourth-order valence-corrected chi connectivity index (χ4v) is 2.35. The summed E-state index contributed by atoms with van der Waals surface area (Å²) in [7, 11) is 0. The van der Waals surface area contributed by atoms with Crippen LogP contribution in [0.4, 0.5) is 13.2 Å². The normalized spacial score (nSPS) is 12.2. The first-order valence-electron chi connectivity index (χ1n) is 5.22. The summed E-state index contributed by atoms with van der Waals surface area (Å²) in [5.74, 6) is 0.0429. The molecule has 0 saturated heterocycles. The molecule has 1 heterocycles. The smallest absolute Gasteiger partial charge is 0.347 e. The quantitative estimate of drug-likeness (QED) is 0.799. The molecule has 0 fully saturated rings. The summed E-state index contributed by atoms with van der Waals surface area (Å²) in [5, 5.41) is 1.10. The van der Waals surface area contributed by atoms with Gasteiger partial charge in [0.1, 0.15) is 0 Å². The Balaban J connectivity index is 2.12. The van der Waals surface area contributed by atoms with Gasteiger partial charge >= 0.3 is 5.51 Å². The Bertz CT molecular complexity index is 516. The molecule has 0 unspecified atom stereocenters. The van der Waals surface area contributed by atoms with Crippen LogP contribution in [0.1, 0.15) is 5.56 Å². The van der Waals surface area contributed by atoms with Crippen LogP contribution < -0.4 is 0 Å². The first-order chi connectivity index (χ1) is 7.97. The molecule has 2 rings (SSSR count). The number of benzene rings is 1. The van der Waals surface area contributed by atoms with Crippen LogP contribution in [-0.4, -0.2) is 15.8 Å². The van der Waals surface area contributed by atoms with E-state index >= 15 is 0 Å². The summed E-state index contributed by atoms with van der Waals surface area (Å²) in [6.45, 7) is 2.37. The number of aromatic nitrogens is 1. The molecule has 0 aliphatic rings. The maximum absolute atomic E-state index is 12.0. The zero-order valence-electron chi connectivity index (χ0n) is 9.29. The van der Waals surface area contributed by atoms with Gasteiger partial charge in [0, 0.05) is 29.4 Å². The van der Waals surface area contributed by atoms with Crippen LogP contribution in [0.3, 0.4) is 0 Å². The summed E-state index contributed by atoms with van der Waals surface area (Å²) < 4.78 is 37.9. The van der Waals surface area contributed by atoms with Crippen LogP contribution in [0, 0.1) is 6.92 Å². The summed E-state index contributed by atoms with van der Waals surface area (Å²) in [5.41, 5.74) is -2.00. The Morgan fingerprint density at radius 3 is 2.71 bits per heavy atom. The summed E-state index contributed by atoms with van der Waals surface area (Å²) in [6, 6.07) is 7.80. The van der Waals surface area contributed by atoms with Crippen molar-refractivity contribution in [2.24, 2.45) is 0 Å². The second kappa shape index (κ2) is 4.64. The highest BCUT2D eigenvalue weighted by atomic mass is 32.2. The molecule has 0 aliphatic carbocycles. The van der Waals surface area contributed by atoms with Crippen LogP contribution in [0.25, 0.3) is 10.9 Å². The molecule has 0 atom stereocenters. The van der Waals surface area contributed by atoms with E-state index in [4.69, 9.17) is 0 Å². The van der Waals surface area contributed by atoms with Gasteiger partial charge in [-0.25, -0.2) is 0 Å². The number of aryl methyl sites for hydroxylation is 2. The number of rotatable bonds is 3. The third kappa shape index (κ3) is 2.97. The van der Waals surface area contributed by atoms with Gasteiger partial charge in [0.25, 0.3) is 0 Å². The fraction of sp³-hybridized carbons (Fsp3) is 0.333. The highest BCUT2D eigenvalue weighted by Gasteiger charge is 2.27. The van der Waals surface area contributed by atoms with E-state index in [9.17, 15) is 13.2 Å². The van der Waals surface area contributed by atoms with Crippen LogP contribution >= 0.6 is 11.8 Å². The number of fused-ring (bicyclic) bond motifs is 1.